The summed E-state index contributed by atoms with van der Waals surface area (Å²) in [6.07, 6.45) is 0. The number of benzene rings is 5. The molecule has 0 aliphatic heterocycles. The minimum absolute atomic E-state index is 0.306. The first-order valence-electron chi connectivity index (χ1n) is 16.1. The van der Waals surface area contributed by atoms with Gasteiger partial charge in [0.2, 0.25) is 5.71 Å². The summed E-state index contributed by atoms with van der Waals surface area (Å²) in [5, 5.41) is 6.60. The van der Waals surface area contributed by atoms with Crippen LogP contribution in [0.5, 0.6) is 0 Å². The first-order chi connectivity index (χ1) is 22.4. The predicted molar refractivity (Wildman–Crippen MR) is 189 cm³/mol. The number of imidazole rings is 1. The first-order valence-corrected chi connectivity index (χ1v) is 16.1. The van der Waals surface area contributed by atoms with Crippen molar-refractivity contribution in [3.63, 3.8) is 0 Å². The molecule has 0 unspecified atom stereocenters. The van der Waals surface area contributed by atoms with E-state index in [4.69, 9.17) is 18.8 Å². The van der Waals surface area contributed by atoms with Crippen LogP contribution in [0.15, 0.2) is 106 Å². The van der Waals surface area contributed by atoms with E-state index in [-0.39, 0.29) is 0 Å². The molecule has 9 aromatic rings. The van der Waals surface area contributed by atoms with Crippen molar-refractivity contribution in [2.24, 2.45) is 0 Å². The largest absolute Gasteiger partial charge is 0.456 e. The van der Waals surface area contributed by atoms with Crippen molar-refractivity contribution in [1.82, 2.24) is 14.5 Å². The molecule has 0 atom stereocenters. The van der Waals surface area contributed by atoms with Crippen LogP contribution < -0.4 is 0 Å². The molecule has 46 heavy (non-hydrogen) atoms. The Kier molecular flexibility index (Phi) is 5.73. The first kappa shape index (κ1) is 26.9. The van der Waals surface area contributed by atoms with E-state index in [1.807, 2.05) is 0 Å². The van der Waals surface area contributed by atoms with Crippen molar-refractivity contribution >= 4 is 65.8 Å². The summed E-state index contributed by atoms with van der Waals surface area (Å²) >= 11 is 0. The fourth-order valence-corrected chi connectivity index (χ4v) is 6.97. The predicted octanol–water partition coefficient (Wildman–Crippen LogP) is 11.6. The summed E-state index contributed by atoms with van der Waals surface area (Å²) in [5.74, 6) is 1.55. The van der Waals surface area contributed by atoms with Gasteiger partial charge in [0.15, 0.2) is 0 Å². The zero-order valence-corrected chi connectivity index (χ0v) is 26.6. The smallest absolute Gasteiger partial charge is 0.227 e. The molecule has 5 nitrogen and oxygen atoms in total. The summed E-state index contributed by atoms with van der Waals surface area (Å²) in [6.45, 7) is 10.9. The number of rotatable bonds is 4. The highest BCUT2D eigenvalue weighted by Gasteiger charge is 2.23. The Morgan fingerprint density at radius 1 is 0.652 bits per heavy atom. The van der Waals surface area contributed by atoms with E-state index >= 15 is 0 Å². The van der Waals surface area contributed by atoms with E-state index in [1.165, 1.54) is 5.56 Å². The fourth-order valence-electron chi connectivity index (χ4n) is 6.97. The zero-order valence-electron chi connectivity index (χ0n) is 26.6. The lowest BCUT2D eigenvalue weighted by Gasteiger charge is -2.11. The van der Waals surface area contributed by atoms with Crippen molar-refractivity contribution in [3.05, 3.63) is 114 Å². The van der Waals surface area contributed by atoms with Crippen molar-refractivity contribution in [2.45, 2.75) is 46.5 Å². The van der Waals surface area contributed by atoms with Gasteiger partial charge in [-0.3, -0.25) is 4.57 Å². The van der Waals surface area contributed by atoms with Crippen molar-refractivity contribution < 1.29 is 8.83 Å². The molecule has 0 aliphatic rings. The number of hydrogen-bond donors (Lipinski definition) is 0. The molecule has 0 spiro atoms. The lowest BCUT2D eigenvalue weighted by atomic mass is 10.0. The van der Waals surface area contributed by atoms with Gasteiger partial charge in [-0.15, -0.1) is 0 Å². The molecule has 4 heterocycles. The highest BCUT2D eigenvalue weighted by molar-refractivity contribution is 6.12. The Bertz CT molecular complexity index is 2670. The minimum atomic E-state index is 0.306. The summed E-state index contributed by atoms with van der Waals surface area (Å²) < 4.78 is 15.4. The second-order valence-electron chi connectivity index (χ2n) is 13.1. The van der Waals surface area contributed by atoms with Crippen LogP contribution in [-0.4, -0.2) is 14.5 Å². The third-order valence-electron chi connectivity index (χ3n) is 9.50. The summed E-state index contributed by atoms with van der Waals surface area (Å²) in [6, 6.07) is 34.4. The standard InChI is InChI=1S/C41H33N3O2/c1-22(2)26-11-15-29-30-16-13-27(21-36(30)45-35(29)20-26)44-34-19-12-25-8-6-7-9-28(25)38(34)43-40(44)32-14-10-24(5)37-31-17-18-33(23(3)4)42-41(31)46-39(32)37/h6-23H,1-5H3. The van der Waals surface area contributed by atoms with Gasteiger partial charge in [0.1, 0.15) is 22.6 Å². The van der Waals surface area contributed by atoms with Gasteiger partial charge in [-0.1, -0.05) is 76.2 Å². The molecular weight excluding hydrogens is 566 g/mol. The topological polar surface area (TPSA) is 57.0 Å². The fraction of sp³-hybridized carbons (Fsp3) is 0.171. The van der Waals surface area contributed by atoms with Crippen LogP contribution in [0.2, 0.25) is 0 Å². The third-order valence-corrected chi connectivity index (χ3v) is 9.50. The van der Waals surface area contributed by atoms with E-state index in [0.717, 1.165) is 88.4 Å². The normalized spacial score (nSPS) is 12.4. The van der Waals surface area contributed by atoms with E-state index in [1.54, 1.807) is 0 Å². The second-order valence-corrected chi connectivity index (χ2v) is 13.1. The minimum Gasteiger partial charge on any atom is -0.456 e. The Balaban J connectivity index is 1.35. The Hall–Kier alpha value is -5.42. The van der Waals surface area contributed by atoms with Crippen molar-refractivity contribution in [1.29, 1.82) is 0 Å². The molecule has 224 valence electrons. The molecule has 0 radical (unpaired) electrons. The lowest BCUT2D eigenvalue weighted by Crippen LogP contribution is -1.98. The Labute approximate surface area is 266 Å². The highest BCUT2D eigenvalue weighted by atomic mass is 16.3. The molecular formula is C41H33N3O2. The molecule has 0 fully saturated rings. The van der Waals surface area contributed by atoms with E-state index in [9.17, 15) is 0 Å². The Morgan fingerprint density at radius 3 is 2.26 bits per heavy atom. The number of hydrogen-bond acceptors (Lipinski definition) is 4. The molecule has 0 amide bonds. The van der Waals surface area contributed by atoms with Gasteiger partial charge in [0.25, 0.3) is 0 Å². The zero-order chi connectivity index (χ0) is 31.3. The van der Waals surface area contributed by atoms with Gasteiger partial charge in [0, 0.05) is 38.7 Å². The molecule has 0 bridgehead atoms. The number of pyridine rings is 1. The highest BCUT2D eigenvalue weighted by Crippen LogP contribution is 2.41. The number of aryl methyl sites for hydroxylation is 1. The average molecular weight is 600 g/mol. The van der Waals surface area contributed by atoms with Crippen LogP contribution in [0, 0.1) is 6.92 Å². The second kappa shape index (κ2) is 9.79. The molecule has 0 N–H and O–H groups in total. The van der Waals surface area contributed by atoms with E-state index in [0.29, 0.717) is 17.5 Å². The van der Waals surface area contributed by atoms with Crippen LogP contribution in [0.1, 0.15) is 56.4 Å². The third kappa shape index (κ3) is 3.87. The SMILES string of the molecule is Cc1ccc(-c2nc3c4ccccc4ccc3n2-c2ccc3c(c2)oc2cc(C(C)C)ccc23)c2oc3nc(C(C)C)ccc3c12. The van der Waals surface area contributed by atoms with E-state index in [2.05, 4.69) is 136 Å². The van der Waals surface area contributed by atoms with Crippen LogP contribution in [0.25, 0.3) is 82.9 Å². The van der Waals surface area contributed by atoms with Crippen molar-refractivity contribution in [3.8, 4) is 17.1 Å². The number of furan rings is 2. The molecule has 0 saturated carbocycles. The molecule has 5 aromatic carbocycles. The van der Waals surface area contributed by atoms with Crippen LogP contribution in [0.3, 0.4) is 0 Å². The maximum Gasteiger partial charge on any atom is 0.227 e. The molecule has 4 aromatic heterocycles. The van der Waals surface area contributed by atoms with Gasteiger partial charge < -0.3 is 8.83 Å². The molecule has 0 saturated heterocycles. The van der Waals surface area contributed by atoms with Gasteiger partial charge in [-0.05, 0) is 77.7 Å². The quantitative estimate of drug-likeness (QED) is 0.202. The average Bonchev–Trinajstić information content (AvgIpc) is 3.75. The molecule has 0 aliphatic carbocycles. The Morgan fingerprint density at radius 2 is 1.43 bits per heavy atom. The number of nitrogens with zero attached hydrogens (tertiary/aromatic N) is 3. The number of aromatic nitrogens is 3. The van der Waals surface area contributed by atoms with Gasteiger partial charge in [-0.2, -0.15) is 0 Å². The molecule has 9 rings (SSSR count). The summed E-state index contributed by atoms with van der Waals surface area (Å²) in [7, 11) is 0. The van der Waals surface area contributed by atoms with E-state index < -0.39 is 0 Å². The molecule has 5 heteroatoms. The van der Waals surface area contributed by atoms with Gasteiger partial charge in [0.05, 0.1) is 22.3 Å². The van der Waals surface area contributed by atoms with Gasteiger partial charge >= 0.3 is 0 Å². The lowest BCUT2D eigenvalue weighted by molar-refractivity contribution is 0.648. The summed E-state index contributed by atoms with van der Waals surface area (Å²) in [5.41, 5.74) is 10.5. The van der Waals surface area contributed by atoms with Gasteiger partial charge in [-0.25, -0.2) is 9.97 Å². The number of fused-ring (bicyclic) bond motifs is 9. The van der Waals surface area contributed by atoms with Crippen LogP contribution in [-0.2, 0) is 0 Å². The van der Waals surface area contributed by atoms with Crippen LogP contribution in [0.4, 0.5) is 0 Å². The van der Waals surface area contributed by atoms with Crippen molar-refractivity contribution in [2.75, 3.05) is 0 Å². The maximum absolute atomic E-state index is 6.64. The van der Waals surface area contributed by atoms with Crippen LogP contribution >= 0.6 is 0 Å². The maximum atomic E-state index is 6.64. The summed E-state index contributed by atoms with van der Waals surface area (Å²) in [4.78, 5) is 10.3. The monoisotopic (exact) mass is 599 g/mol.